The zero-order chi connectivity index (χ0) is 21.0. The lowest BCUT2D eigenvalue weighted by Crippen LogP contribution is -3.15. The highest BCUT2D eigenvalue weighted by Gasteiger charge is 2.31. The van der Waals surface area contributed by atoms with E-state index in [1.54, 1.807) is 0 Å². The molecule has 1 aromatic carbocycles. The van der Waals surface area contributed by atoms with Crippen molar-refractivity contribution < 1.29 is 32.3 Å². The lowest BCUT2D eigenvalue weighted by Gasteiger charge is -2.30. The first-order valence-corrected chi connectivity index (χ1v) is 11.6. The highest BCUT2D eigenvalue weighted by Crippen LogP contribution is 2.28. The Morgan fingerprint density at radius 3 is 2.76 bits per heavy atom. The van der Waals surface area contributed by atoms with Gasteiger partial charge < -0.3 is 19.1 Å². The largest absolute Gasteiger partial charge is 0.495 e. The van der Waals surface area contributed by atoms with Gasteiger partial charge in [0.25, 0.3) is 0 Å². The summed E-state index contributed by atoms with van der Waals surface area (Å²) >= 11 is 0. The van der Waals surface area contributed by atoms with Gasteiger partial charge in [-0.15, -0.1) is 0 Å². The number of quaternary nitrogens is 1. The Morgan fingerprint density at radius 1 is 1.34 bits per heavy atom. The van der Waals surface area contributed by atoms with Crippen LogP contribution in [0.1, 0.15) is 37.0 Å². The predicted octanol–water partition coefficient (Wildman–Crippen LogP) is 0.232. The molecule has 0 aromatic heterocycles. The summed E-state index contributed by atoms with van der Waals surface area (Å²) < 4.78 is 44.1. The molecular formula is C20H31N2O6S+. The number of benzene rings is 1. The minimum absolute atomic E-state index is 0.0416. The van der Waals surface area contributed by atoms with E-state index in [0.717, 1.165) is 32.5 Å². The van der Waals surface area contributed by atoms with Gasteiger partial charge in [-0.25, -0.2) is 17.9 Å². The molecule has 9 heteroatoms. The normalized spacial score (nSPS) is 22.5. The average molecular weight is 428 g/mol. The van der Waals surface area contributed by atoms with Crippen LogP contribution in [-0.2, 0) is 19.5 Å². The van der Waals surface area contributed by atoms with Crippen molar-refractivity contribution in [2.24, 2.45) is 5.92 Å². The van der Waals surface area contributed by atoms with Gasteiger partial charge in [-0.05, 0) is 31.0 Å². The molecule has 29 heavy (non-hydrogen) atoms. The molecule has 1 aliphatic heterocycles. The number of nitrogens with one attached hydrogen (secondary N) is 2. The molecule has 1 saturated heterocycles. The zero-order valence-electron chi connectivity index (χ0n) is 17.3. The fraction of sp³-hybridized carbons (Fsp3) is 0.650. The van der Waals surface area contributed by atoms with Gasteiger partial charge in [0.05, 0.1) is 25.8 Å². The van der Waals surface area contributed by atoms with Crippen LogP contribution in [0.25, 0.3) is 0 Å². The van der Waals surface area contributed by atoms with Crippen LogP contribution >= 0.6 is 0 Å². The molecule has 0 amide bonds. The number of esters is 1. The second-order valence-corrected chi connectivity index (χ2v) is 9.84. The lowest BCUT2D eigenvalue weighted by atomic mass is 10.2. The van der Waals surface area contributed by atoms with Crippen molar-refractivity contribution in [3.05, 3.63) is 23.8 Å². The van der Waals surface area contributed by atoms with Crippen molar-refractivity contribution >= 4 is 16.0 Å². The number of morpholine rings is 1. The smallest absolute Gasteiger partial charge is 0.338 e. The third-order valence-corrected chi connectivity index (χ3v) is 6.55. The minimum Gasteiger partial charge on any atom is -0.495 e. The van der Waals surface area contributed by atoms with Crippen molar-refractivity contribution in [2.75, 3.05) is 40.0 Å². The Bertz CT molecular complexity index is 822. The van der Waals surface area contributed by atoms with Crippen LogP contribution in [0.5, 0.6) is 5.75 Å². The fourth-order valence-corrected chi connectivity index (χ4v) is 4.97. The Hall–Kier alpha value is -1.68. The van der Waals surface area contributed by atoms with Gasteiger partial charge in [-0.3, -0.25) is 0 Å². The second-order valence-electron chi connectivity index (χ2n) is 8.15. The van der Waals surface area contributed by atoms with Crippen LogP contribution in [0.2, 0.25) is 0 Å². The van der Waals surface area contributed by atoms with E-state index < -0.39 is 16.0 Å². The van der Waals surface area contributed by atoms with Crippen LogP contribution in [-0.4, -0.2) is 66.5 Å². The zero-order valence-corrected chi connectivity index (χ0v) is 18.1. The maximum atomic E-state index is 12.6. The van der Waals surface area contributed by atoms with Crippen molar-refractivity contribution in [1.82, 2.24) is 4.72 Å². The average Bonchev–Trinajstić information content (AvgIpc) is 3.48. The lowest BCUT2D eigenvalue weighted by molar-refractivity contribution is -0.914. The highest BCUT2D eigenvalue weighted by molar-refractivity contribution is 7.89. The van der Waals surface area contributed by atoms with E-state index in [0.29, 0.717) is 12.5 Å². The first kappa shape index (κ1) is 22.0. The molecule has 1 unspecified atom stereocenters. The molecule has 8 nitrogen and oxygen atoms in total. The molecule has 1 heterocycles. The van der Waals surface area contributed by atoms with Crippen LogP contribution in [0.3, 0.4) is 0 Å². The van der Waals surface area contributed by atoms with E-state index in [4.69, 9.17) is 14.2 Å². The summed E-state index contributed by atoms with van der Waals surface area (Å²) in [5, 5.41) is 0. The molecule has 162 valence electrons. The van der Waals surface area contributed by atoms with E-state index in [2.05, 4.69) is 18.6 Å². The van der Waals surface area contributed by atoms with E-state index in [1.807, 2.05) is 0 Å². The number of carbonyl (C=O) groups excluding carboxylic acids is 1. The number of rotatable bonds is 9. The predicted molar refractivity (Wildman–Crippen MR) is 107 cm³/mol. The summed E-state index contributed by atoms with van der Waals surface area (Å²) in [7, 11) is -2.36. The first-order chi connectivity index (χ1) is 13.8. The molecule has 0 radical (unpaired) electrons. The third kappa shape index (κ3) is 6.15. The number of hydrogen-bond donors (Lipinski definition) is 2. The van der Waals surface area contributed by atoms with Gasteiger partial charge in [0.2, 0.25) is 10.0 Å². The monoisotopic (exact) mass is 427 g/mol. The van der Waals surface area contributed by atoms with E-state index >= 15 is 0 Å². The van der Waals surface area contributed by atoms with Crippen molar-refractivity contribution in [2.45, 2.75) is 43.7 Å². The summed E-state index contributed by atoms with van der Waals surface area (Å²) in [4.78, 5) is 13.9. The first-order valence-electron chi connectivity index (χ1n) is 10.1. The number of hydrogen-bond acceptors (Lipinski definition) is 6. The van der Waals surface area contributed by atoms with Crippen LogP contribution in [0.4, 0.5) is 0 Å². The fourth-order valence-electron chi connectivity index (χ4n) is 3.47. The van der Waals surface area contributed by atoms with Gasteiger partial charge >= 0.3 is 5.97 Å². The molecule has 1 saturated carbocycles. The Kier molecular flexibility index (Phi) is 7.15. The number of sulfonamides is 1. The highest BCUT2D eigenvalue weighted by atomic mass is 32.2. The topological polar surface area (TPSA) is 95.4 Å². The van der Waals surface area contributed by atoms with E-state index in [-0.39, 0.29) is 35.0 Å². The molecule has 1 aromatic rings. The van der Waals surface area contributed by atoms with Crippen molar-refractivity contribution in [3.8, 4) is 5.75 Å². The quantitative estimate of drug-likeness (QED) is 0.548. The number of methoxy groups -OCH3 is 1. The van der Waals surface area contributed by atoms with E-state index in [1.165, 1.54) is 30.2 Å². The molecule has 0 bridgehead atoms. The van der Waals surface area contributed by atoms with Gasteiger partial charge in [0, 0.05) is 12.0 Å². The van der Waals surface area contributed by atoms with Gasteiger partial charge in [-0.2, -0.15) is 0 Å². The summed E-state index contributed by atoms with van der Waals surface area (Å²) in [5.74, 6) is 0.212. The molecule has 3 rings (SSSR count). The van der Waals surface area contributed by atoms with Crippen LogP contribution < -0.4 is 14.4 Å². The van der Waals surface area contributed by atoms with Gasteiger partial charge in [-0.1, -0.05) is 13.8 Å². The van der Waals surface area contributed by atoms with Crippen LogP contribution in [0.15, 0.2) is 23.1 Å². The van der Waals surface area contributed by atoms with E-state index in [9.17, 15) is 13.2 Å². The molecule has 1 aliphatic carbocycles. The summed E-state index contributed by atoms with van der Waals surface area (Å²) in [6, 6.07) is 4.25. The van der Waals surface area contributed by atoms with Gasteiger partial charge in [0.1, 0.15) is 36.4 Å². The standard InChI is InChI=1S/C20H30N2O6S/c1-14(2)11-22-8-9-27-17(12-22)13-28-20(23)15-4-7-18(26-3)19(10-15)29(24,25)21-16-5-6-16/h4,7,10,14,16-17,21H,5-6,8-9,11-13H2,1-3H3/p+1/t17-/m1/s1. The van der Waals surface area contributed by atoms with Crippen molar-refractivity contribution in [1.29, 1.82) is 0 Å². The summed E-state index contributed by atoms with van der Waals surface area (Å²) in [6.45, 7) is 7.96. The summed E-state index contributed by atoms with van der Waals surface area (Å²) in [6.07, 6.45) is 1.49. The Labute approximate surface area is 172 Å². The second kappa shape index (κ2) is 9.42. The van der Waals surface area contributed by atoms with Crippen LogP contribution in [0, 0.1) is 5.92 Å². The third-order valence-electron chi connectivity index (χ3n) is 5.01. The number of carbonyl (C=O) groups is 1. The molecule has 2 N–H and O–H groups in total. The SMILES string of the molecule is COc1ccc(C(=O)OC[C@H]2C[NH+](CC(C)C)CCO2)cc1S(=O)(=O)NC1CC1. The molecular weight excluding hydrogens is 396 g/mol. The Morgan fingerprint density at radius 2 is 2.10 bits per heavy atom. The molecule has 2 atom stereocenters. The maximum absolute atomic E-state index is 12.6. The minimum atomic E-state index is -3.76. The molecule has 0 spiro atoms. The molecule has 2 fully saturated rings. The maximum Gasteiger partial charge on any atom is 0.338 e. The van der Waals surface area contributed by atoms with Gasteiger partial charge in [0.15, 0.2) is 0 Å². The number of ether oxygens (including phenoxy) is 3. The summed E-state index contributed by atoms with van der Waals surface area (Å²) in [5.41, 5.74) is 0.171. The molecule has 2 aliphatic rings. The van der Waals surface area contributed by atoms with Crippen molar-refractivity contribution in [3.63, 3.8) is 0 Å². The Balaban J connectivity index is 1.64.